The minimum atomic E-state index is -3.92. The van der Waals surface area contributed by atoms with Crippen molar-refractivity contribution in [1.82, 2.24) is 9.62 Å². The van der Waals surface area contributed by atoms with Crippen molar-refractivity contribution in [3.05, 3.63) is 23.8 Å². The van der Waals surface area contributed by atoms with Crippen molar-refractivity contribution < 1.29 is 18.0 Å². The van der Waals surface area contributed by atoms with Crippen molar-refractivity contribution >= 4 is 27.5 Å². The molecular formula is C12H16N4O4S. The normalized spacial score (nSPS) is 20.0. The Balaban J connectivity index is 2.44. The zero-order valence-electron chi connectivity index (χ0n) is 11.4. The van der Waals surface area contributed by atoms with E-state index in [9.17, 15) is 18.0 Å². The lowest BCUT2D eigenvalue weighted by molar-refractivity contribution is -0.126. The Morgan fingerprint density at radius 3 is 2.67 bits per heavy atom. The third kappa shape index (κ3) is 2.69. The highest BCUT2D eigenvalue weighted by atomic mass is 32.2. The van der Waals surface area contributed by atoms with Crippen LogP contribution >= 0.6 is 0 Å². The lowest BCUT2D eigenvalue weighted by Gasteiger charge is -2.32. The number of nitrogens with one attached hydrogen (secondary N) is 1. The van der Waals surface area contributed by atoms with E-state index in [2.05, 4.69) is 5.32 Å². The maximum Gasteiger partial charge on any atom is 0.248 e. The van der Waals surface area contributed by atoms with Crippen molar-refractivity contribution in [1.29, 1.82) is 0 Å². The number of nitrogens with two attached hydrogens (primary N) is 2. The lowest BCUT2D eigenvalue weighted by atomic mass is 10.2. The molecule has 0 aromatic heterocycles. The van der Waals surface area contributed by atoms with E-state index in [0.29, 0.717) is 0 Å². The molecule has 1 aliphatic heterocycles. The molecule has 2 amide bonds. The van der Waals surface area contributed by atoms with Crippen LogP contribution < -0.4 is 16.8 Å². The quantitative estimate of drug-likeness (QED) is 0.607. The number of hydrogen-bond donors (Lipinski definition) is 3. The largest absolute Gasteiger partial charge is 0.398 e. The fourth-order valence-corrected chi connectivity index (χ4v) is 3.85. The van der Waals surface area contributed by atoms with Crippen molar-refractivity contribution in [2.75, 3.05) is 18.8 Å². The van der Waals surface area contributed by atoms with Crippen molar-refractivity contribution in [3.63, 3.8) is 0 Å². The summed E-state index contributed by atoms with van der Waals surface area (Å²) in [7, 11) is -3.92. The molecule has 2 rings (SSSR count). The number of nitrogen functional groups attached to an aromatic ring is 1. The van der Waals surface area contributed by atoms with Gasteiger partial charge in [-0.25, -0.2) is 8.42 Å². The van der Waals surface area contributed by atoms with Gasteiger partial charge < -0.3 is 16.8 Å². The summed E-state index contributed by atoms with van der Waals surface area (Å²) in [6.45, 7) is 1.90. The number of primary amides is 1. The van der Waals surface area contributed by atoms with Gasteiger partial charge >= 0.3 is 0 Å². The Morgan fingerprint density at radius 2 is 2.10 bits per heavy atom. The molecular weight excluding hydrogens is 296 g/mol. The number of benzene rings is 1. The zero-order valence-corrected chi connectivity index (χ0v) is 12.2. The van der Waals surface area contributed by atoms with Crippen molar-refractivity contribution in [2.45, 2.75) is 17.9 Å². The second-order valence-corrected chi connectivity index (χ2v) is 6.56. The molecule has 1 fully saturated rings. The highest BCUT2D eigenvalue weighted by molar-refractivity contribution is 7.89. The van der Waals surface area contributed by atoms with Gasteiger partial charge in [0.15, 0.2) is 0 Å². The number of piperazine rings is 1. The average molecular weight is 312 g/mol. The molecule has 0 aliphatic carbocycles. The van der Waals surface area contributed by atoms with Crippen molar-refractivity contribution in [2.24, 2.45) is 5.73 Å². The number of anilines is 1. The monoisotopic (exact) mass is 312 g/mol. The molecule has 0 spiro atoms. The van der Waals surface area contributed by atoms with E-state index in [1.165, 1.54) is 25.1 Å². The van der Waals surface area contributed by atoms with Crippen LogP contribution in [0.1, 0.15) is 17.3 Å². The van der Waals surface area contributed by atoms with Crippen LogP contribution in [0.2, 0.25) is 0 Å². The van der Waals surface area contributed by atoms with Crippen LogP contribution in [0.25, 0.3) is 0 Å². The van der Waals surface area contributed by atoms with Gasteiger partial charge in [-0.2, -0.15) is 4.31 Å². The molecule has 1 heterocycles. The van der Waals surface area contributed by atoms with Gasteiger partial charge in [-0.1, -0.05) is 0 Å². The Morgan fingerprint density at radius 1 is 1.43 bits per heavy atom. The average Bonchev–Trinajstić information content (AvgIpc) is 2.41. The number of nitrogens with zero attached hydrogens (tertiary/aromatic N) is 1. The second kappa shape index (κ2) is 5.34. The van der Waals surface area contributed by atoms with Crippen LogP contribution in [0.5, 0.6) is 0 Å². The number of carbonyl (C=O) groups excluding carboxylic acids is 2. The van der Waals surface area contributed by atoms with E-state index in [0.717, 1.165) is 4.31 Å². The number of sulfonamides is 1. The summed E-state index contributed by atoms with van der Waals surface area (Å²) in [6.07, 6.45) is 0. The second-order valence-electron chi connectivity index (χ2n) is 4.70. The summed E-state index contributed by atoms with van der Waals surface area (Å²) in [6, 6.07) is 2.91. The molecule has 0 radical (unpaired) electrons. The van der Waals surface area contributed by atoms with E-state index in [1.807, 2.05) is 0 Å². The predicted octanol–water partition coefficient (Wildman–Crippen LogP) is -1.12. The van der Waals surface area contributed by atoms with E-state index in [4.69, 9.17) is 11.5 Å². The maximum atomic E-state index is 12.6. The lowest BCUT2D eigenvalue weighted by Crippen LogP contribution is -2.55. The number of carbonyl (C=O) groups is 2. The van der Waals surface area contributed by atoms with Gasteiger partial charge in [0.25, 0.3) is 0 Å². The minimum absolute atomic E-state index is 0.0792. The van der Waals surface area contributed by atoms with Crippen LogP contribution in [0.3, 0.4) is 0 Å². The molecule has 8 nitrogen and oxygen atoms in total. The molecule has 0 bridgehead atoms. The molecule has 1 aromatic carbocycles. The molecule has 5 N–H and O–H groups in total. The first-order valence-electron chi connectivity index (χ1n) is 6.24. The summed E-state index contributed by atoms with van der Waals surface area (Å²) in [5, 5.41) is 2.59. The highest BCUT2D eigenvalue weighted by Crippen LogP contribution is 2.25. The summed E-state index contributed by atoms with van der Waals surface area (Å²) >= 11 is 0. The Kier molecular flexibility index (Phi) is 3.88. The molecule has 0 saturated carbocycles. The van der Waals surface area contributed by atoms with Crippen LogP contribution in [0.15, 0.2) is 23.1 Å². The number of amides is 2. The minimum Gasteiger partial charge on any atom is -0.398 e. The third-order valence-corrected chi connectivity index (χ3v) is 5.37. The Hall–Kier alpha value is -2.13. The van der Waals surface area contributed by atoms with E-state index in [-0.39, 0.29) is 35.1 Å². The SMILES string of the molecule is CC1C(=O)NCCN1S(=O)(=O)c1ccc(C(N)=O)cc1N. The molecule has 1 aromatic rings. The van der Waals surface area contributed by atoms with Gasteiger partial charge in [0.2, 0.25) is 21.8 Å². The van der Waals surface area contributed by atoms with Crippen molar-refractivity contribution in [3.8, 4) is 0 Å². The summed E-state index contributed by atoms with van der Waals surface area (Å²) in [5.74, 6) is -1.06. The number of rotatable bonds is 3. The molecule has 1 atom stereocenters. The zero-order chi connectivity index (χ0) is 15.8. The summed E-state index contributed by atoms with van der Waals surface area (Å²) < 4.78 is 26.3. The first-order chi connectivity index (χ1) is 9.75. The standard InChI is InChI=1S/C12H16N4O4S/c1-7-12(18)15-4-5-16(7)21(19,20)10-3-2-8(11(14)17)6-9(10)13/h2-3,6-7H,4-5,13H2,1H3,(H2,14,17)(H,15,18). The topological polar surface area (TPSA) is 136 Å². The van der Waals surface area contributed by atoms with Gasteiger partial charge in [-0.05, 0) is 25.1 Å². The van der Waals surface area contributed by atoms with Gasteiger partial charge in [0.1, 0.15) is 10.9 Å². The molecule has 1 saturated heterocycles. The molecule has 1 aliphatic rings. The smallest absolute Gasteiger partial charge is 0.248 e. The fraction of sp³-hybridized carbons (Fsp3) is 0.333. The van der Waals surface area contributed by atoms with Crippen LogP contribution in [-0.4, -0.2) is 43.7 Å². The first kappa shape index (κ1) is 15.3. The Bertz CT molecular complexity index is 701. The van der Waals surface area contributed by atoms with Gasteiger partial charge in [-0.15, -0.1) is 0 Å². The predicted molar refractivity (Wildman–Crippen MR) is 75.7 cm³/mol. The van der Waals surface area contributed by atoms with Gasteiger partial charge in [0, 0.05) is 18.7 Å². The van der Waals surface area contributed by atoms with E-state index >= 15 is 0 Å². The summed E-state index contributed by atoms with van der Waals surface area (Å²) in [5.41, 5.74) is 10.9. The van der Waals surface area contributed by atoms with Gasteiger partial charge in [-0.3, -0.25) is 9.59 Å². The third-order valence-electron chi connectivity index (χ3n) is 3.32. The fourth-order valence-electron chi connectivity index (χ4n) is 2.15. The molecule has 114 valence electrons. The molecule has 21 heavy (non-hydrogen) atoms. The van der Waals surface area contributed by atoms with Crippen LogP contribution in [0.4, 0.5) is 5.69 Å². The van der Waals surface area contributed by atoms with E-state index < -0.39 is 22.0 Å². The van der Waals surface area contributed by atoms with E-state index in [1.54, 1.807) is 0 Å². The van der Waals surface area contributed by atoms with Crippen LogP contribution in [0, 0.1) is 0 Å². The van der Waals surface area contributed by atoms with Crippen LogP contribution in [-0.2, 0) is 14.8 Å². The maximum absolute atomic E-state index is 12.6. The number of hydrogen-bond acceptors (Lipinski definition) is 5. The first-order valence-corrected chi connectivity index (χ1v) is 7.68. The van der Waals surface area contributed by atoms with Gasteiger partial charge in [0.05, 0.1) is 5.69 Å². The Labute approximate surface area is 122 Å². The molecule has 9 heteroatoms. The highest BCUT2D eigenvalue weighted by Gasteiger charge is 2.36. The summed E-state index contributed by atoms with van der Waals surface area (Å²) in [4.78, 5) is 22.5. The molecule has 1 unspecified atom stereocenters.